The molecule has 111 heavy (non-hydrogen) atoms. The molecule has 0 aliphatic carbocycles. The zero-order valence-electron chi connectivity index (χ0n) is 62.1. The van der Waals surface area contributed by atoms with Crippen LogP contribution in [0.4, 0.5) is 5.69 Å². The predicted molar refractivity (Wildman–Crippen MR) is 433 cm³/mol. The van der Waals surface area contributed by atoms with Gasteiger partial charge in [-0.2, -0.15) is 23.0 Å². The molecule has 0 saturated carbocycles. The zero-order valence-corrected chi connectivity index (χ0v) is 72.5. The fraction of sp³-hybridized carbons (Fsp3) is 0.111. The summed E-state index contributed by atoms with van der Waals surface area (Å²) < 4.78 is 6.53. The van der Waals surface area contributed by atoms with E-state index in [1.807, 2.05) is 135 Å². The topological polar surface area (TPSA) is 247 Å². The standard InChI is InChI=1S/2C19H12N.C18H13N2O2S.C14H9N2.4C5H8O2.4Ir/c1-2-8-16-13-20-19(12-15(16)7-1)18-11-5-9-14-6-3-4-10-17(14)18;1-2-7-16-13-17(10-9-14(16)5-1)19-18-8-4-3-6-15(18)11-12-20-19;1-20(2)12-8-7-11-9-13(18(21)22-15(11)10-12)17-19-14-5-3-4-6-16(14)23-17;1-2-4-13-11(3-1)7-10-16-14(13)12-5-8-15-9-6-12;4*1-4(6)3-5(2)7;;;;/h1-10,12-13H;1-9,11-13H;3-8,10H,1-2H3;1-5,7-10H;4*3,6H,1-2H3;;;;/q4*-1;;;;;;;;. The van der Waals surface area contributed by atoms with Gasteiger partial charge in [0, 0.05) is 148 Å². The zero-order chi connectivity index (χ0) is 76.9. The Labute approximate surface area is 702 Å². The number of aliphatic hydroxyl groups excluding tert-OH is 4. The van der Waals surface area contributed by atoms with Crippen LogP contribution in [0.1, 0.15) is 55.4 Å². The van der Waals surface area contributed by atoms with Gasteiger partial charge in [-0.15, -0.1) is 76.5 Å². The quantitative estimate of drug-likeness (QED) is 0.0454. The van der Waals surface area contributed by atoms with Crippen LogP contribution in [0.25, 0.3) is 119 Å². The Morgan fingerprint density at radius 1 is 0.450 bits per heavy atom. The van der Waals surface area contributed by atoms with Gasteiger partial charge in [0.1, 0.15) is 0 Å². The normalized spacial score (nSPS) is 10.7. The number of carbonyl (C=O) groups is 4. The molecule has 21 heteroatoms. The van der Waals surface area contributed by atoms with E-state index in [-0.39, 0.29) is 127 Å². The Kier molecular flexibility index (Phi) is 38.9. The molecular weight excluding hydrogens is 2130 g/mol. The number of rotatable bonds is 9. The average molecular weight is 2200 g/mol. The Bertz CT molecular complexity index is 5500. The summed E-state index contributed by atoms with van der Waals surface area (Å²) in [5.74, 6) is -0.250. The molecule has 0 unspecified atom stereocenters. The van der Waals surface area contributed by atoms with Crippen LogP contribution in [0.3, 0.4) is 0 Å². The summed E-state index contributed by atoms with van der Waals surface area (Å²) in [7, 11) is 3.89. The number of pyridine rings is 4. The van der Waals surface area contributed by atoms with Crippen LogP contribution >= 0.6 is 11.3 Å². The minimum Gasteiger partial charge on any atom is -0.512 e. The third-order valence-corrected chi connectivity index (χ3v) is 16.1. The van der Waals surface area contributed by atoms with Gasteiger partial charge in [-0.05, 0) is 153 Å². The molecule has 0 aliphatic heterocycles. The van der Waals surface area contributed by atoms with Crippen LogP contribution in [0.15, 0.2) is 300 Å². The molecule has 0 saturated heterocycles. The Morgan fingerprint density at radius 3 is 1.41 bits per heavy atom. The van der Waals surface area contributed by atoms with Gasteiger partial charge in [-0.3, -0.25) is 33.9 Å². The molecule has 0 aliphatic rings. The van der Waals surface area contributed by atoms with Crippen molar-refractivity contribution >= 4 is 115 Å². The maximum absolute atomic E-state index is 12.3. The van der Waals surface area contributed by atoms with Gasteiger partial charge in [-0.1, -0.05) is 162 Å². The molecule has 6 aromatic heterocycles. The average Bonchev–Trinajstić information content (AvgIpc) is 1.47. The Hall–Kier alpha value is -10.8. The first kappa shape index (κ1) is 92.6. The van der Waals surface area contributed by atoms with E-state index in [1.165, 1.54) is 134 Å². The summed E-state index contributed by atoms with van der Waals surface area (Å²) in [6, 6.07) is 84.4. The van der Waals surface area contributed by atoms with Crippen LogP contribution in [0.2, 0.25) is 0 Å². The third kappa shape index (κ3) is 28.9. The maximum atomic E-state index is 12.3. The van der Waals surface area contributed by atoms with E-state index in [4.69, 9.17) is 24.8 Å². The molecule has 15 aromatic rings. The number of hydrogen-bond acceptors (Lipinski definition) is 17. The second-order valence-electron chi connectivity index (χ2n) is 24.3. The van der Waals surface area contributed by atoms with E-state index in [0.717, 1.165) is 65.8 Å². The van der Waals surface area contributed by atoms with Crippen LogP contribution in [-0.2, 0) is 99.6 Å². The maximum Gasteiger partial charge on any atom is 0.269 e. The smallest absolute Gasteiger partial charge is 0.269 e. The van der Waals surface area contributed by atoms with Crippen molar-refractivity contribution in [1.29, 1.82) is 0 Å². The monoisotopic (exact) mass is 2210 g/mol. The van der Waals surface area contributed by atoms with Gasteiger partial charge in [0.2, 0.25) is 0 Å². The van der Waals surface area contributed by atoms with Crippen LogP contribution in [0.5, 0.6) is 0 Å². The summed E-state index contributed by atoms with van der Waals surface area (Å²) in [6.45, 7) is 11.4. The van der Waals surface area contributed by atoms with Gasteiger partial charge in [0.05, 0.1) is 39.1 Å². The number of fused-ring (bicyclic) bond motifs is 7. The van der Waals surface area contributed by atoms with Crippen molar-refractivity contribution in [3.8, 4) is 44.3 Å². The third-order valence-electron chi connectivity index (χ3n) is 15.1. The molecule has 15 rings (SSSR count). The van der Waals surface area contributed by atoms with Gasteiger partial charge in [0.15, 0.2) is 23.1 Å². The van der Waals surface area contributed by atoms with Crippen molar-refractivity contribution < 1.29 is 124 Å². The molecule has 574 valence electrons. The van der Waals surface area contributed by atoms with Crippen LogP contribution in [0, 0.1) is 24.3 Å². The fourth-order valence-corrected chi connectivity index (χ4v) is 11.6. The number of benzene rings is 9. The molecule has 16 nitrogen and oxygen atoms in total. The summed E-state index contributed by atoms with van der Waals surface area (Å²) >= 11 is 1.47. The summed E-state index contributed by atoms with van der Waals surface area (Å²) in [5, 5.41) is 46.8. The largest absolute Gasteiger partial charge is 0.512 e. The van der Waals surface area contributed by atoms with Gasteiger partial charge < -0.3 is 44.7 Å². The number of hydrogen-bond donors (Lipinski definition) is 4. The molecule has 4 N–H and O–H groups in total. The number of aromatic nitrogens is 5. The molecule has 0 atom stereocenters. The summed E-state index contributed by atoms with van der Waals surface area (Å²) in [5.41, 5.74) is 8.37. The first-order valence-electron chi connectivity index (χ1n) is 33.6. The molecule has 4 radical (unpaired) electrons. The second kappa shape index (κ2) is 46.7. The fourth-order valence-electron chi connectivity index (χ4n) is 10.6. The van der Waals surface area contributed by atoms with Crippen LogP contribution in [-0.4, -0.2) is 82.6 Å². The Morgan fingerprint density at radius 2 is 0.919 bits per heavy atom. The molecule has 0 fully saturated rings. The molecule has 6 heterocycles. The number of thiazole rings is 1. The second-order valence-corrected chi connectivity index (χ2v) is 25.3. The predicted octanol–water partition coefficient (Wildman–Crippen LogP) is 20.9. The van der Waals surface area contributed by atoms with E-state index < -0.39 is 5.63 Å². The van der Waals surface area contributed by atoms with Gasteiger partial charge >= 0.3 is 0 Å². The van der Waals surface area contributed by atoms with E-state index in [2.05, 4.69) is 164 Å². The molecular formula is C90H78Ir4N6O10S-4. The van der Waals surface area contributed by atoms with Crippen molar-refractivity contribution in [3.63, 3.8) is 0 Å². The number of ketones is 4. The molecule has 0 spiro atoms. The van der Waals surface area contributed by atoms with E-state index in [9.17, 15) is 24.0 Å². The van der Waals surface area contributed by atoms with Crippen molar-refractivity contribution in [2.45, 2.75) is 55.4 Å². The number of anilines is 1. The number of nitrogens with zero attached hydrogens (tertiary/aromatic N) is 6. The molecule has 9 aromatic carbocycles. The summed E-state index contributed by atoms with van der Waals surface area (Å²) in [6.07, 6.45) is 13.7. The minimum absolute atomic E-state index is 0. The van der Waals surface area contributed by atoms with Crippen molar-refractivity contribution in [3.05, 3.63) is 325 Å². The summed E-state index contributed by atoms with van der Waals surface area (Å²) in [4.78, 5) is 76.4. The number of aliphatic hydroxyl groups is 4. The van der Waals surface area contributed by atoms with Gasteiger partial charge in [-0.25, -0.2) is 0 Å². The minimum atomic E-state index is -0.410. The van der Waals surface area contributed by atoms with E-state index >= 15 is 0 Å². The first-order valence-corrected chi connectivity index (χ1v) is 34.4. The van der Waals surface area contributed by atoms with Gasteiger partial charge in [0.25, 0.3) is 5.63 Å². The SMILES string of the molecule is CC(=O)C=C(C)O.CC(=O)C=C(C)O.CC(=O)C=C(C)O.CC(=O)C=C(C)O.CN(C)c1ccc2[c-]c(-c3nc4ccccc4s3)c(=O)oc2c1.[Ir].[Ir].[Ir].[Ir].[c-]1cc2ccccc2cc1-c1nccc2ccccc12.[c-]1ccc2ccccc2c1-c1cc2ccccc2cn1.[c-]1cnccc1-c1nccc2ccccc12. The Balaban J connectivity index is 0.000000278. The van der Waals surface area contributed by atoms with E-state index in [0.29, 0.717) is 16.2 Å². The number of allylic oxidation sites excluding steroid dienone is 8. The van der Waals surface area contributed by atoms with Crippen molar-refractivity contribution in [2.24, 2.45) is 0 Å². The number of para-hydroxylation sites is 1. The number of carbonyl (C=O) groups excluding carboxylic acids is 4. The van der Waals surface area contributed by atoms with E-state index in [1.54, 1.807) is 12.4 Å². The van der Waals surface area contributed by atoms with Crippen LogP contribution < -0.4 is 10.5 Å². The first-order chi connectivity index (χ1) is 51.4. The molecule has 0 amide bonds. The molecule has 0 bridgehead atoms. The van der Waals surface area contributed by atoms with Crippen molar-refractivity contribution in [1.82, 2.24) is 24.9 Å². The van der Waals surface area contributed by atoms with Crippen molar-refractivity contribution in [2.75, 3.05) is 19.0 Å².